The molecule has 1 heterocycles. The molecule has 0 aromatic rings. The van der Waals surface area contributed by atoms with Crippen LogP contribution in [0.3, 0.4) is 0 Å². The van der Waals surface area contributed by atoms with E-state index in [0.29, 0.717) is 19.3 Å². The largest absolute Gasteiger partial charge is 0.479 e. The Hall–Kier alpha value is -3.58. The van der Waals surface area contributed by atoms with Crippen molar-refractivity contribution in [1.29, 1.82) is 0 Å². The molecular weight excluding hydrogens is 949 g/mol. The van der Waals surface area contributed by atoms with Gasteiger partial charge in [0.05, 0.1) is 6.61 Å². The van der Waals surface area contributed by atoms with Crippen LogP contribution in [0.15, 0.2) is 60.8 Å². The van der Waals surface area contributed by atoms with Gasteiger partial charge in [-0.05, 0) is 109 Å². The van der Waals surface area contributed by atoms with Crippen molar-refractivity contribution >= 4 is 23.9 Å². The number of rotatable bonds is 51. The molecule has 432 valence electrons. The van der Waals surface area contributed by atoms with Crippen molar-refractivity contribution in [3.05, 3.63) is 60.8 Å². The van der Waals surface area contributed by atoms with E-state index in [1.165, 1.54) is 64.2 Å². The van der Waals surface area contributed by atoms with E-state index in [0.717, 1.165) is 141 Å². The zero-order chi connectivity index (χ0) is 54.7. The third kappa shape index (κ3) is 41.2. The summed E-state index contributed by atoms with van der Waals surface area (Å²) in [5.74, 6) is -3.15. The maximum Gasteiger partial charge on any atom is 0.335 e. The second-order valence-corrected chi connectivity index (χ2v) is 20.6. The van der Waals surface area contributed by atoms with Crippen molar-refractivity contribution in [2.24, 2.45) is 0 Å². The summed E-state index contributed by atoms with van der Waals surface area (Å²) in [6.45, 7) is 5.91. The fraction of sp³-hybridized carbons (Fsp3) is 0.778. The summed E-state index contributed by atoms with van der Waals surface area (Å²) in [6.07, 6.45) is 50.4. The Morgan fingerprint density at radius 1 is 0.440 bits per heavy atom. The minimum absolute atomic E-state index is 0.0490. The van der Waals surface area contributed by atoms with Crippen molar-refractivity contribution < 1.29 is 58.2 Å². The van der Waals surface area contributed by atoms with Crippen LogP contribution in [0, 0.1) is 0 Å². The maximum atomic E-state index is 13.1. The highest BCUT2D eigenvalue weighted by Gasteiger charge is 2.50. The molecule has 0 amide bonds. The van der Waals surface area contributed by atoms with Gasteiger partial charge in [-0.2, -0.15) is 0 Å². The Kier molecular flexibility index (Phi) is 47.4. The Morgan fingerprint density at radius 2 is 0.800 bits per heavy atom. The summed E-state index contributed by atoms with van der Waals surface area (Å²) in [6, 6.07) is 0. The first-order valence-electron chi connectivity index (χ1n) is 30.3. The molecule has 0 aromatic heterocycles. The Morgan fingerprint density at radius 3 is 1.24 bits per heavy atom. The summed E-state index contributed by atoms with van der Waals surface area (Å²) in [7, 11) is 0. The Balaban J connectivity index is 2.69. The number of carbonyl (C=O) groups is 4. The van der Waals surface area contributed by atoms with Crippen molar-refractivity contribution in [2.75, 3.05) is 13.2 Å². The lowest BCUT2D eigenvalue weighted by molar-refractivity contribution is -0.301. The van der Waals surface area contributed by atoms with E-state index in [9.17, 15) is 34.5 Å². The van der Waals surface area contributed by atoms with Crippen LogP contribution in [-0.2, 0) is 42.9 Å². The highest BCUT2D eigenvalue weighted by molar-refractivity contribution is 5.74. The van der Waals surface area contributed by atoms with E-state index in [4.69, 9.17) is 23.7 Å². The number of hydrogen-bond acceptors (Lipinski definition) is 11. The standard InChI is InChI=1S/C63H108O12/c1-4-7-10-13-16-19-22-25-27-28-30-33-36-39-42-45-48-51-57(66)74-61-59(68)58(67)60(62(69)70)75-63(61)72-53-54(73-56(65)50-47-44-41-38-35-31-24-21-18-15-12-9-6-3)52-71-55(64)49-46-43-40-37-34-32-29-26-23-20-17-14-11-8-5-2/h16-17,19-21,24-27,29,54,58-61,63,67-68H,4-15,18,22-23,28,30-53H2,1-3H3,(H,69,70)/b19-16-,20-17-,24-21-,27-25-,29-26-. The number of aliphatic carboxylic acids is 1. The number of esters is 3. The second kappa shape index (κ2) is 51.2. The van der Waals surface area contributed by atoms with Crippen LogP contribution in [0.4, 0.5) is 0 Å². The van der Waals surface area contributed by atoms with Gasteiger partial charge in [0.2, 0.25) is 0 Å². The van der Waals surface area contributed by atoms with Gasteiger partial charge in [-0.1, -0.05) is 197 Å². The number of unbranched alkanes of at least 4 members (excludes halogenated alkanes) is 27. The third-order valence-electron chi connectivity index (χ3n) is 13.5. The summed E-state index contributed by atoms with van der Waals surface area (Å²) in [5.41, 5.74) is 0. The number of carboxylic acid groups (broad SMARTS) is 1. The molecule has 0 aliphatic carbocycles. The minimum Gasteiger partial charge on any atom is -0.479 e. The van der Waals surface area contributed by atoms with Gasteiger partial charge < -0.3 is 39.0 Å². The molecule has 12 nitrogen and oxygen atoms in total. The topological polar surface area (TPSA) is 175 Å². The van der Waals surface area contributed by atoms with Crippen LogP contribution in [0.1, 0.15) is 265 Å². The van der Waals surface area contributed by atoms with E-state index < -0.39 is 67.3 Å². The average Bonchev–Trinajstić information content (AvgIpc) is 3.39. The highest BCUT2D eigenvalue weighted by atomic mass is 16.7. The molecule has 0 aromatic carbocycles. The van der Waals surface area contributed by atoms with Crippen LogP contribution >= 0.6 is 0 Å². The predicted molar refractivity (Wildman–Crippen MR) is 303 cm³/mol. The summed E-state index contributed by atoms with van der Waals surface area (Å²) in [4.78, 5) is 51.1. The zero-order valence-electron chi connectivity index (χ0n) is 47.5. The molecule has 6 atom stereocenters. The van der Waals surface area contributed by atoms with Gasteiger partial charge in [0.15, 0.2) is 24.6 Å². The van der Waals surface area contributed by atoms with Gasteiger partial charge in [0, 0.05) is 19.3 Å². The Bertz CT molecular complexity index is 1540. The lowest BCUT2D eigenvalue weighted by atomic mass is 9.98. The number of carboxylic acids is 1. The number of allylic oxidation sites excluding steroid dienone is 10. The van der Waals surface area contributed by atoms with Crippen molar-refractivity contribution in [2.45, 2.75) is 302 Å². The summed E-state index contributed by atoms with van der Waals surface area (Å²) in [5, 5.41) is 31.5. The molecule has 0 radical (unpaired) electrons. The molecule has 3 N–H and O–H groups in total. The number of ether oxygens (including phenoxy) is 5. The number of aliphatic hydroxyl groups is 2. The molecule has 12 heteroatoms. The molecular formula is C63H108O12. The molecule has 1 rings (SSSR count). The monoisotopic (exact) mass is 1060 g/mol. The van der Waals surface area contributed by atoms with Gasteiger partial charge in [-0.3, -0.25) is 14.4 Å². The third-order valence-corrected chi connectivity index (χ3v) is 13.5. The van der Waals surface area contributed by atoms with E-state index >= 15 is 0 Å². The molecule has 1 fully saturated rings. The van der Waals surface area contributed by atoms with E-state index in [1.807, 2.05) is 0 Å². The lowest BCUT2D eigenvalue weighted by Gasteiger charge is -2.40. The number of hydrogen-bond donors (Lipinski definition) is 3. The van der Waals surface area contributed by atoms with Crippen LogP contribution < -0.4 is 0 Å². The number of aliphatic hydroxyl groups excluding tert-OH is 2. The van der Waals surface area contributed by atoms with Gasteiger partial charge >= 0.3 is 23.9 Å². The average molecular weight is 1060 g/mol. The molecule has 0 spiro atoms. The van der Waals surface area contributed by atoms with Crippen molar-refractivity contribution in [1.82, 2.24) is 0 Å². The first-order chi connectivity index (χ1) is 36.6. The van der Waals surface area contributed by atoms with E-state index in [2.05, 4.69) is 81.5 Å². The maximum absolute atomic E-state index is 13.1. The van der Waals surface area contributed by atoms with Crippen molar-refractivity contribution in [3.8, 4) is 0 Å². The lowest BCUT2D eigenvalue weighted by Crippen LogP contribution is -2.61. The van der Waals surface area contributed by atoms with Crippen LogP contribution in [0.2, 0.25) is 0 Å². The van der Waals surface area contributed by atoms with E-state index in [1.54, 1.807) is 0 Å². The molecule has 6 unspecified atom stereocenters. The molecule has 1 saturated heterocycles. The fourth-order valence-electron chi connectivity index (χ4n) is 8.83. The molecule has 1 aliphatic heterocycles. The second-order valence-electron chi connectivity index (χ2n) is 20.6. The highest BCUT2D eigenvalue weighted by Crippen LogP contribution is 2.26. The van der Waals surface area contributed by atoms with E-state index in [-0.39, 0.29) is 25.9 Å². The fourth-order valence-corrected chi connectivity index (χ4v) is 8.83. The predicted octanol–water partition coefficient (Wildman–Crippen LogP) is 15.6. The van der Waals surface area contributed by atoms with Crippen LogP contribution in [-0.4, -0.2) is 89.2 Å². The zero-order valence-corrected chi connectivity index (χ0v) is 47.5. The molecule has 75 heavy (non-hydrogen) atoms. The quantitative estimate of drug-likeness (QED) is 0.0228. The Labute approximate surface area is 456 Å². The number of carbonyl (C=O) groups excluding carboxylic acids is 3. The van der Waals surface area contributed by atoms with Crippen molar-refractivity contribution in [3.63, 3.8) is 0 Å². The van der Waals surface area contributed by atoms with Gasteiger partial charge in [0.1, 0.15) is 18.8 Å². The first-order valence-corrected chi connectivity index (χ1v) is 30.3. The smallest absolute Gasteiger partial charge is 0.335 e. The molecule has 1 aliphatic rings. The first kappa shape index (κ1) is 69.4. The molecule has 0 bridgehead atoms. The van der Waals surface area contributed by atoms with Gasteiger partial charge in [-0.15, -0.1) is 0 Å². The van der Waals surface area contributed by atoms with Crippen LogP contribution in [0.25, 0.3) is 0 Å². The van der Waals surface area contributed by atoms with Crippen LogP contribution in [0.5, 0.6) is 0 Å². The SMILES string of the molecule is CCCCC/C=C\C/C=C\CCCCCCCCCC(=O)OC1C(OCC(COC(=O)CCCCCCC/C=C\C/C=C\CCCCC)OC(=O)CCCCCCC/C=C\CCCCCC)OC(C(=O)O)C(O)C1O. The van der Waals surface area contributed by atoms with Gasteiger partial charge in [0.25, 0.3) is 0 Å². The van der Waals surface area contributed by atoms with Gasteiger partial charge in [-0.25, -0.2) is 4.79 Å². The minimum atomic E-state index is -1.91. The summed E-state index contributed by atoms with van der Waals surface area (Å²) >= 11 is 0. The normalized spacial score (nSPS) is 18.5. The summed E-state index contributed by atoms with van der Waals surface area (Å²) < 4.78 is 28.4. The molecule has 0 saturated carbocycles.